The van der Waals surface area contributed by atoms with Gasteiger partial charge in [0.2, 0.25) is 0 Å². The molecular weight excluding hydrogens is 172 g/mol. The number of benzene rings is 1. The Kier molecular flexibility index (Phi) is 2.98. The maximum atomic E-state index is 13.3. The number of rotatable bonds is 3. The lowest BCUT2D eigenvalue weighted by Crippen LogP contribution is -2.28. The van der Waals surface area contributed by atoms with Crippen LogP contribution < -0.4 is 5.32 Å². The fraction of sp³-hybridized carbons (Fsp3) is 0.400. The van der Waals surface area contributed by atoms with E-state index in [4.69, 9.17) is 0 Å². The Hall–Kier alpha value is -0.960. The SMILES string of the molecule is CNCC(F)(F)c1cccc(C)c1. The third-order valence-electron chi connectivity index (χ3n) is 1.84. The van der Waals surface area contributed by atoms with E-state index in [-0.39, 0.29) is 12.1 Å². The van der Waals surface area contributed by atoms with Crippen molar-refractivity contribution in [3.8, 4) is 0 Å². The number of likely N-dealkylation sites (N-methyl/N-ethyl adjacent to an activating group) is 1. The van der Waals surface area contributed by atoms with Gasteiger partial charge in [-0.3, -0.25) is 0 Å². The zero-order valence-corrected chi connectivity index (χ0v) is 7.77. The van der Waals surface area contributed by atoms with Gasteiger partial charge in [0, 0.05) is 5.56 Å². The van der Waals surface area contributed by atoms with Crippen LogP contribution in [0.25, 0.3) is 0 Å². The van der Waals surface area contributed by atoms with Crippen LogP contribution in [0.2, 0.25) is 0 Å². The van der Waals surface area contributed by atoms with Crippen LogP contribution in [0.4, 0.5) is 8.78 Å². The van der Waals surface area contributed by atoms with Gasteiger partial charge in [-0.2, -0.15) is 8.78 Å². The lowest BCUT2D eigenvalue weighted by Gasteiger charge is -2.16. The van der Waals surface area contributed by atoms with Crippen LogP contribution >= 0.6 is 0 Å². The Labute approximate surface area is 76.8 Å². The van der Waals surface area contributed by atoms with Crippen molar-refractivity contribution in [3.05, 3.63) is 35.4 Å². The molecule has 13 heavy (non-hydrogen) atoms. The Bertz CT molecular complexity index is 284. The molecular formula is C10H13F2N. The summed E-state index contributed by atoms with van der Waals surface area (Å²) in [5, 5.41) is 2.48. The number of halogens is 2. The fourth-order valence-electron chi connectivity index (χ4n) is 1.20. The molecule has 0 amide bonds. The zero-order valence-electron chi connectivity index (χ0n) is 7.77. The van der Waals surface area contributed by atoms with E-state index >= 15 is 0 Å². The highest BCUT2D eigenvalue weighted by atomic mass is 19.3. The molecule has 0 unspecified atom stereocenters. The van der Waals surface area contributed by atoms with E-state index in [0.29, 0.717) is 0 Å². The minimum absolute atomic E-state index is 0.0712. The van der Waals surface area contributed by atoms with Gasteiger partial charge in [-0.25, -0.2) is 0 Å². The van der Waals surface area contributed by atoms with Gasteiger partial charge in [0.05, 0.1) is 6.54 Å². The molecule has 0 heterocycles. The van der Waals surface area contributed by atoms with Crippen LogP contribution in [0.3, 0.4) is 0 Å². The van der Waals surface area contributed by atoms with Gasteiger partial charge in [-0.15, -0.1) is 0 Å². The third kappa shape index (κ3) is 2.49. The normalized spacial score (nSPS) is 11.7. The molecule has 1 rings (SSSR count). The minimum atomic E-state index is -2.78. The summed E-state index contributed by atoms with van der Waals surface area (Å²) in [6.07, 6.45) is 0. The Morgan fingerprint density at radius 1 is 1.38 bits per heavy atom. The van der Waals surface area contributed by atoms with Crippen molar-refractivity contribution in [1.82, 2.24) is 5.32 Å². The maximum Gasteiger partial charge on any atom is 0.285 e. The van der Waals surface area contributed by atoms with Gasteiger partial charge in [-0.05, 0) is 14.0 Å². The van der Waals surface area contributed by atoms with Crippen LogP contribution in [-0.2, 0) is 5.92 Å². The molecule has 0 bridgehead atoms. The van der Waals surface area contributed by atoms with E-state index in [2.05, 4.69) is 5.32 Å². The van der Waals surface area contributed by atoms with Crippen molar-refractivity contribution in [2.45, 2.75) is 12.8 Å². The van der Waals surface area contributed by atoms with Gasteiger partial charge in [-0.1, -0.05) is 29.8 Å². The first kappa shape index (κ1) is 10.1. The molecule has 0 radical (unpaired) electrons. The van der Waals surface area contributed by atoms with Crippen molar-refractivity contribution in [2.75, 3.05) is 13.6 Å². The number of alkyl halides is 2. The van der Waals surface area contributed by atoms with E-state index in [0.717, 1.165) is 5.56 Å². The molecule has 0 aliphatic heterocycles. The highest BCUT2D eigenvalue weighted by molar-refractivity contribution is 5.26. The fourth-order valence-corrected chi connectivity index (χ4v) is 1.20. The molecule has 0 aliphatic rings. The monoisotopic (exact) mass is 185 g/mol. The molecule has 1 aromatic carbocycles. The molecule has 1 aromatic rings. The molecule has 0 aromatic heterocycles. The minimum Gasteiger partial charge on any atom is -0.314 e. The van der Waals surface area contributed by atoms with Gasteiger partial charge >= 0.3 is 0 Å². The highest BCUT2D eigenvalue weighted by Gasteiger charge is 2.30. The first-order valence-electron chi connectivity index (χ1n) is 4.16. The van der Waals surface area contributed by atoms with Crippen LogP contribution in [-0.4, -0.2) is 13.6 Å². The molecule has 0 fully saturated rings. The van der Waals surface area contributed by atoms with Crippen LogP contribution in [0.5, 0.6) is 0 Å². The van der Waals surface area contributed by atoms with Crippen molar-refractivity contribution in [3.63, 3.8) is 0 Å². The summed E-state index contributed by atoms with van der Waals surface area (Å²) in [6, 6.07) is 6.41. The summed E-state index contributed by atoms with van der Waals surface area (Å²) < 4.78 is 26.5. The smallest absolute Gasteiger partial charge is 0.285 e. The second-order valence-electron chi connectivity index (χ2n) is 3.10. The van der Waals surface area contributed by atoms with E-state index in [9.17, 15) is 8.78 Å². The summed E-state index contributed by atoms with van der Waals surface area (Å²) in [5.74, 6) is -2.78. The molecule has 0 atom stereocenters. The number of hydrogen-bond donors (Lipinski definition) is 1. The summed E-state index contributed by atoms with van der Waals surface area (Å²) in [7, 11) is 1.52. The molecule has 0 saturated heterocycles. The quantitative estimate of drug-likeness (QED) is 0.762. The van der Waals surface area contributed by atoms with Crippen LogP contribution in [0.1, 0.15) is 11.1 Å². The predicted octanol–water partition coefficient (Wildman–Crippen LogP) is 2.31. The van der Waals surface area contributed by atoms with Gasteiger partial charge in [0.1, 0.15) is 0 Å². The van der Waals surface area contributed by atoms with Crippen LogP contribution in [0.15, 0.2) is 24.3 Å². The first-order valence-corrected chi connectivity index (χ1v) is 4.16. The molecule has 0 saturated carbocycles. The molecule has 1 N–H and O–H groups in total. The topological polar surface area (TPSA) is 12.0 Å². The standard InChI is InChI=1S/C10H13F2N/c1-8-4-3-5-9(6-8)10(11,12)7-13-2/h3-6,13H,7H2,1-2H3. The summed E-state index contributed by atoms with van der Waals surface area (Å²) in [6.45, 7) is 1.48. The highest BCUT2D eigenvalue weighted by Crippen LogP contribution is 2.27. The van der Waals surface area contributed by atoms with E-state index < -0.39 is 5.92 Å². The van der Waals surface area contributed by atoms with Crippen LogP contribution in [0, 0.1) is 6.92 Å². The summed E-state index contributed by atoms with van der Waals surface area (Å²) in [4.78, 5) is 0. The zero-order chi connectivity index (χ0) is 9.90. The first-order chi connectivity index (χ1) is 6.06. The van der Waals surface area contributed by atoms with Crippen molar-refractivity contribution in [2.24, 2.45) is 0 Å². The number of nitrogens with one attached hydrogen (secondary N) is 1. The molecule has 0 aliphatic carbocycles. The third-order valence-corrected chi connectivity index (χ3v) is 1.84. The predicted molar refractivity (Wildman–Crippen MR) is 49.0 cm³/mol. The Balaban J connectivity index is 2.93. The lowest BCUT2D eigenvalue weighted by atomic mass is 10.1. The maximum absolute atomic E-state index is 13.3. The molecule has 0 spiro atoms. The summed E-state index contributed by atoms with van der Waals surface area (Å²) in [5.41, 5.74) is 0.926. The van der Waals surface area contributed by atoms with Gasteiger partial charge in [0.25, 0.3) is 5.92 Å². The second-order valence-corrected chi connectivity index (χ2v) is 3.10. The van der Waals surface area contributed by atoms with Crippen molar-refractivity contribution < 1.29 is 8.78 Å². The Morgan fingerprint density at radius 2 is 2.08 bits per heavy atom. The van der Waals surface area contributed by atoms with Crippen molar-refractivity contribution >= 4 is 0 Å². The summed E-state index contributed by atoms with van der Waals surface area (Å²) >= 11 is 0. The average molecular weight is 185 g/mol. The largest absolute Gasteiger partial charge is 0.314 e. The Morgan fingerprint density at radius 3 is 2.62 bits per heavy atom. The van der Waals surface area contributed by atoms with Crippen molar-refractivity contribution in [1.29, 1.82) is 0 Å². The second kappa shape index (κ2) is 3.83. The van der Waals surface area contributed by atoms with Gasteiger partial charge < -0.3 is 5.32 Å². The number of aryl methyl sites for hydroxylation is 1. The average Bonchev–Trinajstić information content (AvgIpc) is 2.04. The molecule has 3 heteroatoms. The molecule has 72 valence electrons. The van der Waals surface area contributed by atoms with Gasteiger partial charge in [0.15, 0.2) is 0 Å². The van der Waals surface area contributed by atoms with E-state index in [1.807, 2.05) is 0 Å². The lowest BCUT2D eigenvalue weighted by molar-refractivity contribution is -0.00130. The van der Waals surface area contributed by atoms with E-state index in [1.54, 1.807) is 19.1 Å². The number of hydrogen-bond acceptors (Lipinski definition) is 1. The van der Waals surface area contributed by atoms with E-state index in [1.165, 1.54) is 19.2 Å². The molecule has 1 nitrogen and oxygen atoms in total.